The van der Waals surface area contributed by atoms with Crippen molar-refractivity contribution < 1.29 is 13.2 Å². The summed E-state index contributed by atoms with van der Waals surface area (Å²) < 4.78 is 28.0. The van der Waals surface area contributed by atoms with Gasteiger partial charge in [-0.25, -0.2) is 0 Å². The van der Waals surface area contributed by atoms with Crippen molar-refractivity contribution in [1.82, 2.24) is 19.7 Å². The van der Waals surface area contributed by atoms with Crippen LogP contribution in [0.3, 0.4) is 0 Å². The van der Waals surface area contributed by atoms with Gasteiger partial charge in [0.2, 0.25) is 5.91 Å². The van der Waals surface area contributed by atoms with E-state index >= 15 is 0 Å². The number of nitrogens with zero attached hydrogens (tertiary/aromatic N) is 1. The van der Waals surface area contributed by atoms with Gasteiger partial charge in [0.1, 0.15) is 6.04 Å². The fourth-order valence-electron chi connectivity index (χ4n) is 1.84. The van der Waals surface area contributed by atoms with Crippen molar-refractivity contribution in [2.24, 2.45) is 0 Å². The summed E-state index contributed by atoms with van der Waals surface area (Å²) in [6, 6.07) is -0.606. The number of amides is 1. The normalized spacial score (nSPS) is 26.8. The van der Waals surface area contributed by atoms with Gasteiger partial charge < -0.3 is 10.6 Å². The highest BCUT2D eigenvalue weighted by atomic mass is 32.2. The predicted molar refractivity (Wildman–Crippen MR) is 62.5 cm³/mol. The smallest absolute Gasteiger partial charge is 0.280 e. The Morgan fingerprint density at radius 3 is 2.71 bits per heavy atom. The standard InChI is InChI=1S/C9H18N4O3S/c1-10-9(14)8-6-11-4-5-13(8)17(15,16)12-7-2-3-7/h7-8,11-12H,2-6H2,1H3,(H,10,14). The van der Waals surface area contributed by atoms with E-state index in [9.17, 15) is 13.2 Å². The minimum Gasteiger partial charge on any atom is -0.358 e. The van der Waals surface area contributed by atoms with Crippen LogP contribution in [0.2, 0.25) is 0 Å². The lowest BCUT2D eigenvalue weighted by Gasteiger charge is -2.33. The number of carbonyl (C=O) groups is 1. The number of nitrogens with one attached hydrogen (secondary N) is 3. The molecule has 0 spiro atoms. The molecule has 1 saturated heterocycles. The van der Waals surface area contributed by atoms with E-state index in [1.807, 2.05) is 0 Å². The Kier molecular flexibility index (Phi) is 3.67. The fourth-order valence-corrected chi connectivity index (χ4v) is 3.47. The Morgan fingerprint density at radius 1 is 1.41 bits per heavy atom. The summed E-state index contributed by atoms with van der Waals surface area (Å²) in [5.41, 5.74) is 0. The molecule has 0 aromatic rings. The van der Waals surface area contributed by atoms with Crippen LogP contribution in [0.5, 0.6) is 0 Å². The summed E-state index contributed by atoms with van der Waals surface area (Å²) in [4.78, 5) is 11.6. The number of hydrogen-bond acceptors (Lipinski definition) is 4. The second kappa shape index (κ2) is 4.89. The molecule has 1 unspecified atom stereocenters. The Balaban J connectivity index is 2.11. The first-order valence-electron chi connectivity index (χ1n) is 5.76. The lowest BCUT2D eigenvalue weighted by Crippen LogP contribution is -2.61. The van der Waals surface area contributed by atoms with Gasteiger partial charge in [0.05, 0.1) is 0 Å². The summed E-state index contributed by atoms with van der Waals surface area (Å²) >= 11 is 0. The van der Waals surface area contributed by atoms with Gasteiger partial charge in [-0.2, -0.15) is 17.4 Å². The van der Waals surface area contributed by atoms with Crippen molar-refractivity contribution in [2.75, 3.05) is 26.7 Å². The molecule has 2 rings (SSSR count). The zero-order valence-corrected chi connectivity index (χ0v) is 10.6. The fraction of sp³-hybridized carbons (Fsp3) is 0.889. The summed E-state index contributed by atoms with van der Waals surface area (Å²) in [6.07, 6.45) is 1.77. The minimum absolute atomic E-state index is 0.0558. The Morgan fingerprint density at radius 2 is 2.12 bits per heavy atom. The average molecular weight is 262 g/mol. The van der Waals surface area contributed by atoms with E-state index in [2.05, 4.69) is 15.4 Å². The van der Waals surface area contributed by atoms with E-state index in [0.29, 0.717) is 19.6 Å². The van der Waals surface area contributed by atoms with Crippen molar-refractivity contribution in [1.29, 1.82) is 0 Å². The molecule has 1 atom stereocenters. The van der Waals surface area contributed by atoms with E-state index in [0.717, 1.165) is 12.8 Å². The second-order valence-electron chi connectivity index (χ2n) is 4.34. The first kappa shape index (κ1) is 12.7. The van der Waals surface area contributed by atoms with Crippen molar-refractivity contribution in [2.45, 2.75) is 24.9 Å². The summed E-state index contributed by atoms with van der Waals surface area (Å²) in [6.45, 7) is 1.24. The van der Waals surface area contributed by atoms with Crippen LogP contribution >= 0.6 is 0 Å². The third-order valence-corrected chi connectivity index (χ3v) is 4.63. The third kappa shape index (κ3) is 2.95. The summed E-state index contributed by atoms with van der Waals surface area (Å²) in [5, 5.41) is 5.52. The maximum Gasteiger partial charge on any atom is 0.280 e. The molecule has 8 heteroatoms. The molecule has 0 aromatic carbocycles. The van der Waals surface area contributed by atoms with Crippen molar-refractivity contribution >= 4 is 16.1 Å². The van der Waals surface area contributed by atoms with Crippen LogP contribution in [0.4, 0.5) is 0 Å². The Labute approximate surface area is 101 Å². The number of carbonyl (C=O) groups excluding carboxylic acids is 1. The Hall–Kier alpha value is -0.700. The van der Waals surface area contributed by atoms with E-state index in [-0.39, 0.29) is 11.9 Å². The zero-order valence-electron chi connectivity index (χ0n) is 9.77. The number of likely N-dealkylation sites (N-methyl/N-ethyl adjacent to an activating group) is 1. The number of rotatable bonds is 4. The third-order valence-electron chi connectivity index (χ3n) is 2.95. The minimum atomic E-state index is -3.54. The first-order valence-corrected chi connectivity index (χ1v) is 7.20. The molecule has 0 aromatic heterocycles. The van der Waals surface area contributed by atoms with Gasteiger partial charge in [-0.3, -0.25) is 4.79 Å². The van der Waals surface area contributed by atoms with Gasteiger partial charge in [0.15, 0.2) is 0 Å². The van der Waals surface area contributed by atoms with E-state index in [1.165, 1.54) is 11.4 Å². The van der Waals surface area contributed by atoms with Gasteiger partial charge in [0.25, 0.3) is 10.2 Å². The Bertz CT molecular complexity index is 393. The molecule has 1 amide bonds. The predicted octanol–water partition coefficient (Wildman–Crippen LogP) is -2.00. The first-order chi connectivity index (χ1) is 8.04. The molecule has 1 heterocycles. The molecule has 98 valence electrons. The van der Waals surface area contributed by atoms with Gasteiger partial charge in [-0.05, 0) is 12.8 Å². The number of piperazine rings is 1. The zero-order chi connectivity index (χ0) is 12.5. The van der Waals surface area contributed by atoms with E-state index < -0.39 is 16.3 Å². The molecular weight excluding hydrogens is 244 g/mol. The molecule has 17 heavy (non-hydrogen) atoms. The summed E-state index contributed by atoms with van der Waals surface area (Å²) in [5.74, 6) is -0.279. The highest BCUT2D eigenvalue weighted by Gasteiger charge is 2.38. The maximum absolute atomic E-state index is 12.1. The highest BCUT2D eigenvalue weighted by molar-refractivity contribution is 7.87. The molecule has 0 bridgehead atoms. The lowest BCUT2D eigenvalue weighted by atomic mass is 10.2. The molecule has 1 aliphatic carbocycles. The average Bonchev–Trinajstić information content (AvgIpc) is 3.11. The SMILES string of the molecule is CNC(=O)C1CNCCN1S(=O)(=O)NC1CC1. The van der Waals surface area contributed by atoms with Gasteiger partial charge in [-0.15, -0.1) is 0 Å². The van der Waals surface area contributed by atoms with Crippen LogP contribution in [0.1, 0.15) is 12.8 Å². The van der Waals surface area contributed by atoms with Crippen LogP contribution in [0, 0.1) is 0 Å². The molecule has 2 aliphatic rings. The van der Waals surface area contributed by atoms with Crippen molar-refractivity contribution in [3.05, 3.63) is 0 Å². The van der Waals surface area contributed by atoms with Crippen LogP contribution in [-0.4, -0.2) is 57.4 Å². The van der Waals surface area contributed by atoms with Gasteiger partial charge in [0, 0.05) is 32.7 Å². The van der Waals surface area contributed by atoms with Crippen molar-refractivity contribution in [3.8, 4) is 0 Å². The van der Waals surface area contributed by atoms with Crippen LogP contribution < -0.4 is 15.4 Å². The molecule has 0 radical (unpaired) electrons. The molecule has 3 N–H and O–H groups in total. The molecule has 1 aliphatic heterocycles. The van der Waals surface area contributed by atoms with Gasteiger partial charge in [-0.1, -0.05) is 0 Å². The molecular formula is C9H18N4O3S. The largest absolute Gasteiger partial charge is 0.358 e. The summed E-state index contributed by atoms with van der Waals surface area (Å²) in [7, 11) is -2.03. The monoisotopic (exact) mass is 262 g/mol. The molecule has 2 fully saturated rings. The lowest BCUT2D eigenvalue weighted by molar-refractivity contribution is -0.124. The number of hydrogen-bond donors (Lipinski definition) is 3. The maximum atomic E-state index is 12.1. The topological polar surface area (TPSA) is 90.5 Å². The van der Waals surface area contributed by atoms with E-state index in [4.69, 9.17) is 0 Å². The van der Waals surface area contributed by atoms with Crippen LogP contribution in [-0.2, 0) is 15.0 Å². The van der Waals surface area contributed by atoms with Crippen LogP contribution in [0.25, 0.3) is 0 Å². The van der Waals surface area contributed by atoms with E-state index in [1.54, 1.807) is 0 Å². The van der Waals surface area contributed by atoms with Gasteiger partial charge >= 0.3 is 0 Å². The van der Waals surface area contributed by atoms with Crippen LogP contribution in [0.15, 0.2) is 0 Å². The quantitative estimate of drug-likeness (QED) is 0.547. The second-order valence-corrected chi connectivity index (χ2v) is 6.00. The molecule has 7 nitrogen and oxygen atoms in total. The molecule has 1 saturated carbocycles. The van der Waals surface area contributed by atoms with Crippen molar-refractivity contribution in [3.63, 3.8) is 0 Å². The highest BCUT2D eigenvalue weighted by Crippen LogP contribution is 2.21.